The van der Waals surface area contributed by atoms with Crippen LogP contribution in [0.1, 0.15) is 79.1 Å². The SMILES string of the molecule is CCC(CC)(O[Si](C)(C)C)C(F)(F)CC[C@@H](C)C1=CC[C@H]2C(=O)CCC[C@]12C. The number of fused-ring (bicyclic) bond motifs is 1. The standard InChI is InChI=1S/C23H40F2O2Si/c1-8-22(9-2,27-28(5,6)7)23(24,25)16-14-17(3)18-12-13-19-20(26)11-10-15-21(18,19)4/h12,17,19H,8-11,13-16H2,1-7H3/t17-,19+,21-/m1/s1. The van der Waals surface area contributed by atoms with Crippen molar-refractivity contribution in [3.63, 3.8) is 0 Å². The van der Waals surface area contributed by atoms with Crippen LogP contribution in [-0.4, -0.2) is 25.6 Å². The van der Waals surface area contributed by atoms with E-state index in [2.05, 4.69) is 19.9 Å². The molecule has 1 saturated carbocycles. The average molecular weight is 415 g/mol. The number of Topliss-reactive ketones (excluding diaryl/α,β-unsaturated/α-hetero) is 1. The molecule has 0 radical (unpaired) electrons. The van der Waals surface area contributed by atoms with Crippen molar-refractivity contribution in [3.8, 4) is 0 Å². The van der Waals surface area contributed by atoms with E-state index >= 15 is 8.78 Å². The van der Waals surface area contributed by atoms with Gasteiger partial charge >= 0.3 is 0 Å². The van der Waals surface area contributed by atoms with Gasteiger partial charge in [-0.2, -0.15) is 0 Å². The highest BCUT2D eigenvalue weighted by atomic mass is 28.4. The molecule has 0 N–H and O–H groups in total. The summed E-state index contributed by atoms with van der Waals surface area (Å²) in [4.78, 5) is 12.3. The van der Waals surface area contributed by atoms with Crippen LogP contribution in [0.4, 0.5) is 8.78 Å². The van der Waals surface area contributed by atoms with Crippen LogP contribution in [0.3, 0.4) is 0 Å². The lowest BCUT2D eigenvalue weighted by atomic mass is 9.63. The third-order valence-electron chi connectivity index (χ3n) is 7.24. The Morgan fingerprint density at radius 2 is 1.89 bits per heavy atom. The molecule has 162 valence electrons. The number of halogens is 2. The van der Waals surface area contributed by atoms with Gasteiger partial charge in [-0.05, 0) is 69.5 Å². The maximum atomic E-state index is 15.4. The number of alkyl halides is 2. The number of rotatable bonds is 9. The molecule has 2 nitrogen and oxygen atoms in total. The minimum atomic E-state index is -2.85. The van der Waals surface area contributed by atoms with E-state index in [4.69, 9.17) is 4.43 Å². The van der Waals surface area contributed by atoms with Gasteiger partial charge in [-0.25, -0.2) is 8.78 Å². The second-order valence-electron chi connectivity index (χ2n) is 10.2. The van der Waals surface area contributed by atoms with Gasteiger partial charge in [0.1, 0.15) is 11.4 Å². The zero-order chi connectivity index (χ0) is 21.4. The third kappa shape index (κ3) is 4.45. The first-order valence-electron chi connectivity index (χ1n) is 11.1. The lowest BCUT2D eigenvalue weighted by Crippen LogP contribution is -2.54. The summed E-state index contributed by atoms with van der Waals surface area (Å²) < 4.78 is 37.0. The summed E-state index contributed by atoms with van der Waals surface area (Å²) in [5.41, 5.74) is -0.244. The smallest absolute Gasteiger partial charge is 0.275 e. The number of carbonyl (C=O) groups excluding carboxylic acids is 1. The molecule has 28 heavy (non-hydrogen) atoms. The first-order chi connectivity index (χ1) is 12.8. The molecular weight excluding hydrogens is 374 g/mol. The van der Waals surface area contributed by atoms with E-state index in [9.17, 15) is 4.79 Å². The van der Waals surface area contributed by atoms with E-state index in [0.29, 0.717) is 31.5 Å². The fourth-order valence-corrected chi connectivity index (χ4v) is 7.28. The second kappa shape index (κ2) is 8.29. The second-order valence-corrected chi connectivity index (χ2v) is 14.7. The van der Waals surface area contributed by atoms with Crippen molar-refractivity contribution in [1.29, 1.82) is 0 Å². The summed E-state index contributed by atoms with van der Waals surface area (Å²) in [6.45, 7) is 13.8. The van der Waals surface area contributed by atoms with Gasteiger partial charge in [0.05, 0.1) is 0 Å². The first-order valence-corrected chi connectivity index (χ1v) is 14.5. The van der Waals surface area contributed by atoms with Crippen LogP contribution in [0.15, 0.2) is 11.6 Å². The molecule has 0 aromatic rings. The highest BCUT2D eigenvalue weighted by Crippen LogP contribution is 2.54. The predicted molar refractivity (Wildman–Crippen MR) is 114 cm³/mol. The van der Waals surface area contributed by atoms with E-state index in [1.807, 2.05) is 33.5 Å². The first kappa shape index (κ1) is 23.7. The molecule has 2 aliphatic carbocycles. The predicted octanol–water partition coefficient (Wildman–Crippen LogP) is 7.15. The monoisotopic (exact) mass is 414 g/mol. The van der Waals surface area contributed by atoms with Gasteiger partial charge in [0, 0.05) is 18.8 Å². The van der Waals surface area contributed by atoms with Crippen molar-refractivity contribution in [3.05, 3.63) is 11.6 Å². The Balaban J connectivity index is 2.12. The van der Waals surface area contributed by atoms with Crippen LogP contribution < -0.4 is 0 Å². The van der Waals surface area contributed by atoms with Crippen LogP contribution in [-0.2, 0) is 9.22 Å². The van der Waals surface area contributed by atoms with Gasteiger partial charge < -0.3 is 4.43 Å². The van der Waals surface area contributed by atoms with Crippen molar-refractivity contribution < 1.29 is 18.0 Å². The molecule has 2 rings (SSSR count). The summed E-state index contributed by atoms with van der Waals surface area (Å²) in [6.07, 6.45) is 6.50. The van der Waals surface area contributed by atoms with Gasteiger partial charge in [0.25, 0.3) is 5.92 Å². The quantitative estimate of drug-likeness (QED) is 0.296. The molecule has 0 heterocycles. The van der Waals surface area contributed by atoms with Crippen molar-refractivity contribution in [2.24, 2.45) is 17.3 Å². The molecule has 0 aromatic heterocycles. The van der Waals surface area contributed by atoms with E-state index in [1.54, 1.807) is 0 Å². The maximum absolute atomic E-state index is 15.4. The van der Waals surface area contributed by atoms with Crippen LogP contribution in [0.5, 0.6) is 0 Å². The highest BCUT2D eigenvalue weighted by molar-refractivity contribution is 6.69. The van der Waals surface area contributed by atoms with Crippen molar-refractivity contribution in [2.45, 2.75) is 110 Å². The Kier molecular flexibility index (Phi) is 7.03. The van der Waals surface area contributed by atoms with Crippen LogP contribution in [0.2, 0.25) is 19.6 Å². The molecule has 0 amide bonds. The summed E-state index contributed by atoms with van der Waals surface area (Å²) in [5, 5.41) is 0. The molecular formula is C23H40F2O2Si. The summed E-state index contributed by atoms with van der Waals surface area (Å²) in [5.74, 6) is -2.35. The Bertz CT molecular complexity index is 604. The fourth-order valence-electron chi connectivity index (χ4n) is 5.67. The molecule has 0 saturated heterocycles. The molecule has 5 heteroatoms. The summed E-state index contributed by atoms with van der Waals surface area (Å²) in [7, 11) is -2.10. The van der Waals surface area contributed by atoms with Crippen molar-refractivity contribution >= 4 is 14.1 Å². The Hall–Kier alpha value is -0.553. The normalized spacial score (nSPS) is 27.5. The van der Waals surface area contributed by atoms with Gasteiger partial charge in [-0.1, -0.05) is 39.3 Å². The Morgan fingerprint density at radius 3 is 2.43 bits per heavy atom. The van der Waals surface area contributed by atoms with Gasteiger partial charge in [0.15, 0.2) is 8.32 Å². The van der Waals surface area contributed by atoms with Gasteiger partial charge in [0.2, 0.25) is 0 Å². The largest absolute Gasteiger partial charge is 0.406 e. The summed E-state index contributed by atoms with van der Waals surface area (Å²) >= 11 is 0. The molecule has 0 aromatic carbocycles. The van der Waals surface area contributed by atoms with E-state index in [-0.39, 0.29) is 23.7 Å². The fraction of sp³-hybridized carbons (Fsp3) is 0.870. The number of allylic oxidation sites excluding steroid dienone is 2. The zero-order valence-corrected chi connectivity index (χ0v) is 20.0. The van der Waals surface area contributed by atoms with E-state index in [1.165, 1.54) is 5.57 Å². The molecule has 0 bridgehead atoms. The van der Waals surface area contributed by atoms with Crippen LogP contribution in [0.25, 0.3) is 0 Å². The lowest BCUT2D eigenvalue weighted by molar-refractivity contribution is -0.179. The third-order valence-corrected chi connectivity index (χ3v) is 8.25. The van der Waals surface area contributed by atoms with Crippen LogP contribution >= 0.6 is 0 Å². The van der Waals surface area contributed by atoms with E-state index in [0.717, 1.165) is 19.3 Å². The number of hydrogen-bond acceptors (Lipinski definition) is 2. The summed E-state index contributed by atoms with van der Waals surface area (Å²) in [6, 6.07) is 0. The average Bonchev–Trinajstić information content (AvgIpc) is 2.95. The van der Waals surface area contributed by atoms with Crippen molar-refractivity contribution in [2.75, 3.05) is 0 Å². The molecule has 0 unspecified atom stereocenters. The van der Waals surface area contributed by atoms with Gasteiger partial charge in [-0.3, -0.25) is 4.79 Å². The Morgan fingerprint density at radius 1 is 1.29 bits per heavy atom. The van der Waals surface area contributed by atoms with Crippen LogP contribution in [0, 0.1) is 17.3 Å². The number of carbonyl (C=O) groups is 1. The van der Waals surface area contributed by atoms with Gasteiger partial charge in [-0.15, -0.1) is 0 Å². The lowest BCUT2D eigenvalue weighted by Gasteiger charge is -2.44. The minimum absolute atomic E-state index is 0.0693. The number of hydrogen-bond donors (Lipinski definition) is 0. The molecule has 2 aliphatic rings. The molecule has 0 aliphatic heterocycles. The minimum Gasteiger partial charge on any atom is -0.406 e. The zero-order valence-electron chi connectivity index (χ0n) is 19.0. The van der Waals surface area contributed by atoms with E-state index < -0.39 is 19.8 Å². The van der Waals surface area contributed by atoms with Crippen molar-refractivity contribution in [1.82, 2.24) is 0 Å². The molecule has 0 spiro atoms. The maximum Gasteiger partial charge on any atom is 0.275 e. The molecule has 3 atom stereocenters. The molecule has 1 fully saturated rings. The highest BCUT2D eigenvalue weighted by Gasteiger charge is 2.54. The number of ketones is 1. The topological polar surface area (TPSA) is 26.3 Å². The Labute approximate surface area is 171 Å².